The summed E-state index contributed by atoms with van der Waals surface area (Å²) in [5, 5.41) is 3.80. The Bertz CT molecular complexity index is 1090. The predicted octanol–water partition coefficient (Wildman–Crippen LogP) is 3.28. The molecular weight excluding hydrogens is 390 g/mol. The molecule has 0 unspecified atom stereocenters. The number of anilines is 1. The summed E-state index contributed by atoms with van der Waals surface area (Å²) in [7, 11) is -0.585. The second-order valence-electron chi connectivity index (χ2n) is 6.53. The number of para-hydroxylation sites is 1. The Kier molecular flexibility index (Phi) is 6.46. The van der Waals surface area contributed by atoms with E-state index in [2.05, 4.69) is 10.3 Å². The molecule has 1 aromatic heterocycles. The summed E-state index contributed by atoms with van der Waals surface area (Å²) in [5.41, 5.74) is 1.37. The van der Waals surface area contributed by atoms with Crippen molar-refractivity contribution in [3.63, 3.8) is 0 Å². The lowest BCUT2D eigenvalue weighted by molar-refractivity contribution is -0.116. The van der Waals surface area contributed by atoms with Gasteiger partial charge in [-0.2, -0.15) is 0 Å². The largest absolute Gasteiger partial charge is 0.497 e. The second-order valence-corrected chi connectivity index (χ2v) is 8.58. The molecule has 3 aromatic rings. The number of ether oxygens (including phenoxy) is 1. The van der Waals surface area contributed by atoms with Crippen molar-refractivity contribution >= 4 is 32.5 Å². The SMILES string of the molecule is COc1ccc(S(=O)(=O)N(C)CCCC(=O)Nc2cccc3cccnc23)cc1. The highest BCUT2D eigenvalue weighted by Crippen LogP contribution is 2.21. The van der Waals surface area contributed by atoms with Crippen LogP contribution in [0.15, 0.2) is 65.7 Å². The van der Waals surface area contributed by atoms with E-state index in [0.29, 0.717) is 17.9 Å². The highest BCUT2D eigenvalue weighted by Gasteiger charge is 2.20. The molecule has 0 fully saturated rings. The van der Waals surface area contributed by atoms with Gasteiger partial charge < -0.3 is 10.1 Å². The Hall–Kier alpha value is -2.97. The zero-order valence-electron chi connectivity index (χ0n) is 16.3. The molecule has 0 spiro atoms. The predicted molar refractivity (Wildman–Crippen MR) is 112 cm³/mol. The molecule has 0 atom stereocenters. The monoisotopic (exact) mass is 413 g/mol. The van der Waals surface area contributed by atoms with E-state index in [1.807, 2.05) is 24.3 Å². The highest BCUT2D eigenvalue weighted by atomic mass is 32.2. The van der Waals surface area contributed by atoms with Gasteiger partial charge in [0.25, 0.3) is 0 Å². The molecule has 1 N–H and O–H groups in total. The van der Waals surface area contributed by atoms with Crippen LogP contribution in [0.2, 0.25) is 0 Å². The summed E-state index contributed by atoms with van der Waals surface area (Å²) in [4.78, 5) is 16.8. The van der Waals surface area contributed by atoms with E-state index in [-0.39, 0.29) is 23.8 Å². The van der Waals surface area contributed by atoms with Crippen LogP contribution in [-0.4, -0.2) is 44.3 Å². The first kappa shape index (κ1) is 20.8. The lowest BCUT2D eigenvalue weighted by Gasteiger charge is -2.17. The molecule has 8 heteroatoms. The van der Waals surface area contributed by atoms with Gasteiger partial charge in [-0.05, 0) is 42.8 Å². The van der Waals surface area contributed by atoms with E-state index in [1.165, 1.54) is 30.6 Å². The fourth-order valence-corrected chi connectivity index (χ4v) is 4.14. The number of methoxy groups -OCH3 is 1. The van der Waals surface area contributed by atoms with Gasteiger partial charge in [0.1, 0.15) is 5.75 Å². The molecule has 1 amide bonds. The molecule has 0 aliphatic rings. The molecule has 0 aliphatic heterocycles. The number of carbonyl (C=O) groups is 1. The average molecular weight is 413 g/mol. The van der Waals surface area contributed by atoms with Gasteiger partial charge >= 0.3 is 0 Å². The van der Waals surface area contributed by atoms with Gasteiger partial charge in [0.2, 0.25) is 15.9 Å². The lowest BCUT2D eigenvalue weighted by atomic mass is 10.2. The Labute approximate surface area is 170 Å². The summed E-state index contributed by atoms with van der Waals surface area (Å²) >= 11 is 0. The lowest BCUT2D eigenvalue weighted by Crippen LogP contribution is -2.28. The van der Waals surface area contributed by atoms with Gasteiger partial charge in [0.15, 0.2) is 0 Å². The summed E-state index contributed by atoms with van der Waals surface area (Å²) in [6.07, 6.45) is 2.28. The Morgan fingerprint density at radius 1 is 1.10 bits per heavy atom. The van der Waals surface area contributed by atoms with Crippen molar-refractivity contribution in [1.29, 1.82) is 0 Å². The fraction of sp³-hybridized carbons (Fsp3) is 0.238. The molecule has 0 radical (unpaired) electrons. The molecule has 152 valence electrons. The molecule has 29 heavy (non-hydrogen) atoms. The van der Waals surface area contributed by atoms with Crippen LogP contribution >= 0.6 is 0 Å². The van der Waals surface area contributed by atoms with Crippen LogP contribution in [0.1, 0.15) is 12.8 Å². The molecule has 0 bridgehead atoms. The minimum atomic E-state index is -3.61. The van der Waals surface area contributed by atoms with Gasteiger partial charge in [-0.25, -0.2) is 12.7 Å². The quantitative estimate of drug-likeness (QED) is 0.612. The van der Waals surface area contributed by atoms with Crippen molar-refractivity contribution in [3.8, 4) is 5.75 Å². The standard InChI is InChI=1S/C21H23N3O4S/c1-24(29(26,27)18-12-10-17(28-2)11-13-18)15-5-9-20(25)23-19-8-3-6-16-7-4-14-22-21(16)19/h3-4,6-8,10-14H,5,9,15H2,1-2H3,(H,23,25). The maximum Gasteiger partial charge on any atom is 0.242 e. The van der Waals surface area contributed by atoms with E-state index >= 15 is 0 Å². The van der Waals surface area contributed by atoms with Gasteiger partial charge in [0.05, 0.1) is 23.2 Å². The van der Waals surface area contributed by atoms with Crippen molar-refractivity contribution in [3.05, 3.63) is 60.8 Å². The number of fused-ring (bicyclic) bond motifs is 1. The average Bonchev–Trinajstić information content (AvgIpc) is 2.74. The van der Waals surface area contributed by atoms with Gasteiger partial charge in [-0.1, -0.05) is 18.2 Å². The topological polar surface area (TPSA) is 88.6 Å². The summed E-state index contributed by atoms with van der Waals surface area (Å²) in [6, 6.07) is 15.6. The van der Waals surface area contributed by atoms with Crippen LogP contribution in [0.4, 0.5) is 5.69 Å². The number of nitrogens with zero attached hydrogens (tertiary/aromatic N) is 2. The van der Waals surface area contributed by atoms with Gasteiger partial charge in [-0.3, -0.25) is 9.78 Å². The maximum absolute atomic E-state index is 12.6. The van der Waals surface area contributed by atoms with Crippen LogP contribution in [0.3, 0.4) is 0 Å². The molecule has 3 rings (SSSR count). The number of hydrogen-bond donors (Lipinski definition) is 1. The van der Waals surface area contributed by atoms with E-state index in [0.717, 1.165) is 10.9 Å². The van der Waals surface area contributed by atoms with E-state index in [1.54, 1.807) is 24.4 Å². The van der Waals surface area contributed by atoms with Crippen LogP contribution in [-0.2, 0) is 14.8 Å². The molecule has 0 saturated heterocycles. The van der Waals surface area contributed by atoms with Crippen LogP contribution in [0.25, 0.3) is 10.9 Å². The highest BCUT2D eigenvalue weighted by molar-refractivity contribution is 7.89. The van der Waals surface area contributed by atoms with Crippen molar-refractivity contribution in [2.75, 3.05) is 26.0 Å². The normalized spacial score (nSPS) is 11.6. The third-order valence-electron chi connectivity index (χ3n) is 4.55. The maximum atomic E-state index is 12.6. The smallest absolute Gasteiger partial charge is 0.242 e. The zero-order valence-corrected chi connectivity index (χ0v) is 17.1. The van der Waals surface area contributed by atoms with Gasteiger partial charge in [0, 0.05) is 31.6 Å². The Morgan fingerprint density at radius 2 is 1.83 bits per heavy atom. The molecule has 2 aromatic carbocycles. The Morgan fingerprint density at radius 3 is 2.55 bits per heavy atom. The van der Waals surface area contributed by atoms with E-state index in [4.69, 9.17) is 4.74 Å². The minimum Gasteiger partial charge on any atom is -0.497 e. The third-order valence-corrected chi connectivity index (χ3v) is 6.42. The van der Waals surface area contributed by atoms with E-state index < -0.39 is 10.0 Å². The summed E-state index contributed by atoms with van der Waals surface area (Å²) in [6.45, 7) is 0.232. The number of rotatable bonds is 8. The second kappa shape index (κ2) is 9.02. The summed E-state index contributed by atoms with van der Waals surface area (Å²) < 4.78 is 31.5. The van der Waals surface area contributed by atoms with Crippen molar-refractivity contribution < 1.29 is 17.9 Å². The zero-order chi connectivity index (χ0) is 20.9. The number of pyridine rings is 1. The van der Waals surface area contributed by atoms with Crippen molar-refractivity contribution in [1.82, 2.24) is 9.29 Å². The molecule has 1 heterocycles. The molecule has 7 nitrogen and oxygen atoms in total. The summed E-state index contributed by atoms with van der Waals surface area (Å²) in [5.74, 6) is 0.407. The van der Waals surface area contributed by atoms with Crippen molar-refractivity contribution in [2.45, 2.75) is 17.7 Å². The number of benzene rings is 2. The van der Waals surface area contributed by atoms with Crippen LogP contribution in [0, 0.1) is 0 Å². The number of sulfonamides is 1. The first-order valence-electron chi connectivity index (χ1n) is 9.16. The Balaban J connectivity index is 1.56. The third kappa shape index (κ3) is 4.90. The number of carbonyl (C=O) groups excluding carboxylic acids is 1. The first-order chi connectivity index (χ1) is 13.9. The molecule has 0 saturated carbocycles. The molecular formula is C21H23N3O4S. The van der Waals surface area contributed by atoms with E-state index in [9.17, 15) is 13.2 Å². The van der Waals surface area contributed by atoms with Crippen LogP contribution in [0.5, 0.6) is 5.75 Å². The number of amides is 1. The van der Waals surface area contributed by atoms with Crippen molar-refractivity contribution in [2.24, 2.45) is 0 Å². The number of hydrogen-bond acceptors (Lipinski definition) is 5. The first-order valence-corrected chi connectivity index (χ1v) is 10.6. The minimum absolute atomic E-state index is 0.182. The van der Waals surface area contributed by atoms with Crippen LogP contribution < -0.4 is 10.1 Å². The number of nitrogens with one attached hydrogen (secondary N) is 1. The molecule has 0 aliphatic carbocycles. The van der Waals surface area contributed by atoms with Gasteiger partial charge in [-0.15, -0.1) is 0 Å². The number of aromatic nitrogens is 1. The fourth-order valence-electron chi connectivity index (χ4n) is 2.93.